The Labute approximate surface area is 187 Å². The number of nitrogens with zero attached hydrogens (tertiary/aromatic N) is 2. The highest BCUT2D eigenvalue weighted by molar-refractivity contribution is 6.30. The van der Waals surface area contributed by atoms with Crippen molar-refractivity contribution in [3.8, 4) is 11.1 Å². The fourth-order valence-electron chi connectivity index (χ4n) is 3.97. The summed E-state index contributed by atoms with van der Waals surface area (Å²) in [6.45, 7) is 0.579. The maximum Gasteiger partial charge on any atom is 0.322 e. The topological polar surface area (TPSA) is 58.4 Å². The number of carbonyl (C=O) groups is 1. The van der Waals surface area contributed by atoms with E-state index in [0.29, 0.717) is 45.4 Å². The average Bonchev–Trinajstić information content (AvgIpc) is 3.42. The highest BCUT2D eigenvalue weighted by Crippen LogP contribution is 2.35. The highest BCUT2D eigenvalue weighted by atomic mass is 35.5. The van der Waals surface area contributed by atoms with Gasteiger partial charge in [0.15, 0.2) is 17.2 Å². The lowest BCUT2D eigenvalue weighted by Crippen LogP contribution is -2.34. The Kier molecular flexibility index (Phi) is 5.27. The summed E-state index contributed by atoms with van der Waals surface area (Å²) in [5.41, 5.74) is 3.00. The van der Waals surface area contributed by atoms with Gasteiger partial charge in [-0.3, -0.25) is 0 Å². The van der Waals surface area contributed by atoms with Gasteiger partial charge in [-0.2, -0.15) is 0 Å². The number of aromatic nitrogens is 1. The lowest BCUT2D eigenvalue weighted by Gasteiger charge is -2.22. The van der Waals surface area contributed by atoms with Gasteiger partial charge in [-0.25, -0.2) is 18.6 Å². The average molecular weight is 454 g/mol. The van der Waals surface area contributed by atoms with Gasteiger partial charge in [0.05, 0.1) is 0 Å². The van der Waals surface area contributed by atoms with Crippen LogP contribution in [0.15, 0.2) is 65.1 Å². The molecular weight excluding hydrogens is 436 g/mol. The van der Waals surface area contributed by atoms with Gasteiger partial charge in [0, 0.05) is 17.3 Å². The number of halogens is 3. The molecule has 32 heavy (non-hydrogen) atoms. The summed E-state index contributed by atoms with van der Waals surface area (Å²) in [5.74, 6) is -1.35. The number of likely N-dealkylation sites (tertiary alicyclic amines) is 1. The first kappa shape index (κ1) is 20.5. The van der Waals surface area contributed by atoms with Crippen molar-refractivity contribution < 1.29 is 18.0 Å². The van der Waals surface area contributed by atoms with Gasteiger partial charge in [0.2, 0.25) is 5.89 Å². The van der Waals surface area contributed by atoms with Crippen molar-refractivity contribution in [2.75, 3.05) is 11.9 Å². The number of carbonyl (C=O) groups excluding carboxylic acids is 1. The van der Waals surface area contributed by atoms with Crippen LogP contribution in [0.2, 0.25) is 5.02 Å². The first-order valence-electron chi connectivity index (χ1n) is 10.2. The van der Waals surface area contributed by atoms with E-state index in [1.165, 1.54) is 6.07 Å². The van der Waals surface area contributed by atoms with Crippen LogP contribution in [0, 0.1) is 11.6 Å². The molecule has 1 atom stereocenters. The van der Waals surface area contributed by atoms with E-state index in [2.05, 4.69) is 10.3 Å². The van der Waals surface area contributed by atoms with E-state index in [-0.39, 0.29) is 12.1 Å². The number of rotatable bonds is 3. The van der Waals surface area contributed by atoms with Crippen LogP contribution < -0.4 is 5.32 Å². The largest absolute Gasteiger partial charge is 0.438 e. The standard InChI is InChI=1S/C24H18ClF2N3O2/c25-16-3-1-4-17(13-16)28-24(31)30-10-2-5-21(30)23-29-20-12-15(7-9-22(20)32-23)14-6-8-18(26)19(27)11-14/h1,3-4,6-9,11-13,21H,2,5,10H2,(H,28,31). The Morgan fingerprint density at radius 2 is 1.88 bits per heavy atom. The molecule has 5 nitrogen and oxygen atoms in total. The number of fused-ring (bicyclic) bond motifs is 1. The first-order valence-corrected chi connectivity index (χ1v) is 10.5. The second-order valence-corrected chi connectivity index (χ2v) is 8.09. The van der Waals surface area contributed by atoms with Crippen LogP contribution in [0.3, 0.4) is 0 Å². The van der Waals surface area contributed by atoms with E-state index in [1.54, 1.807) is 47.4 Å². The van der Waals surface area contributed by atoms with Crippen LogP contribution in [0.25, 0.3) is 22.2 Å². The number of urea groups is 1. The lowest BCUT2D eigenvalue weighted by atomic mass is 10.1. The number of hydrogen-bond donors (Lipinski definition) is 1. The van der Waals surface area contributed by atoms with Crippen molar-refractivity contribution in [3.63, 3.8) is 0 Å². The molecule has 1 fully saturated rings. The lowest BCUT2D eigenvalue weighted by molar-refractivity contribution is 0.199. The molecule has 0 aliphatic carbocycles. The van der Waals surface area contributed by atoms with Gasteiger partial charge >= 0.3 is 6.03 Å². The molecule has 1 aromatic heterocycles. The van der Waals surface area contributed by atoms with Crippen LogP contribution in [0.4, 0.5) is 19.3 Å². The van der Waals surface area contributed by atoms with Gasteiger partial charge in [-0.15, -0.1) is 0 Å². The Morgan fingerprint density at radius 3 is 2.69 bits per heavy atom. The summed E-state index contributed by atoms with van der Waals surface area (Å²) in [5, 5.41) is 3.40. The van der Waals surface area contributed by atoms with Gasteiger partial charge in [-0.05, 0) is 66.4 Å². The summed E-state index contributed by atoms with van der Waals surface area (Å²) in [4.78, 5) is 19.2. The number of nitrogens with one attached hydrogen (secondary N) is 1. The summed E-state index contributed by atoms with van der Waals surface area (Å²) < 4.78 is 32.8. The van der Waals surface area contributed by atoms with E-state index < -0.39 is 11.6 Å². The maximum atomic E-state index is 13.6. The van der Waals surface area contributed by atoms with E-state index in [4.69, 9.17) is 16.0 Å². The Bertz CT molecular complexity index is 1320. The molecule has 3 aromatic carbocycles. The number of hydrogen-bond acceptors (Lipinski definition) is 3. The molecule has 1 unspecified atom stereocenters. The van der Waals surface area contributed by atoms with Crippen LogP contribution in [-0.4, -0.2) is 22.5 Å². The van der Waals surface area contributed by atoms with Crippen molar-refractivity contribution in [1.82, 2.24) is 9.88 Å². The van der Waals surface area contributed by atoms with Gasteiger partial charge in [0.25, 0.3) is 0 Å². The SMILES string of the molecule is O=C(Nc1cccc(Cl)c1)N1CCCC1c1nc2cc(-c3ccc(F)c(F)c3)ccc2o1. The number of amides is 2. The quantitative estimate of drug-likeness (QED) is 0.371. The first-order chi connectivity index (χ1) is 15.5. The van der Waals surface area contributed by atoms with Crippen LogP contribution in [0.5, 0.6) is 0 Å². The molecule has 0 radical (unpaired) electrons. The zero-order valence-electron chi connectivity index (χ0n) is 16.8. The second kappa shape index (κ2) is 8.24. The third kappa shape index (κ3) is 3.91. The molecule has 0 saturated carbocycles. The second-order valence-electron chi connectivity index (χ2n) is 7.66. The summed E-state index contributed by atoms with van der Waals surface area (Å²) in [7, 11) is 0. The molecule has 8 heteroatoms. The molecule has 162 valence electrons. The molecule has 1 N–H and O–H groups in total. The molecule has 0 spiro atoms. The predicted molar refractivity (Wildman–Crippen MR) is 119 cm³/mol. The minimum absolute atomic E-state index is 0.250. The molecule has 1 aliphatic rings. The Hall–Kier alpha value is -3.45. The Morgan fingerprint density at radius 1 is 1.06 bits per heavy atom. The molecule has 0 bridgehead atoms. The third-order valence-electron chi connectivity index (χ3n) is 5.53. The van der Waals surface area contributed by atoms with Gasteiger partial charge < -0.3 is 14.6 Å². The van der Waals surface area contributed by atoms with Crippen molar-refractivity contribution in [2.24, 2.45) is 0 Å². The van der Waals surface area contributed by atoms with E-state index in [0.717, 1.165) is 25.0 Å². The molecule has 4 aromatic rings. The van der Waals surface area contributed by atoms with Crippen LogP contribution >= 0.6 is 11.6 Å². The molecule has 2 heterocycles. The predicted octanol–water partition coefficient (Wildman–Crippen LogP) is 6.80. The van der Waals surface area contributed by atoms with Crippen molar-refractivity contribution in [2.45, 2.75) is 18.9 Å². The van der Waals surface area contributed by atoms with Crippen molar-refractivity contribution in [1.29, 1.82) is 0 Å². The minimum atomic E-state index is -0.907. The minimum Gasteiger partial charge on any atom is -0.438 e. The molecule has 2 amide bonds. The monoisotopic (exact) mass is 453 g/mol. The Balaban J connectivity index is 1.40. The summed E-state index contributed by atoms with van der Waals surface area (Å²) >= 11 is 6.00. The normalized spacial score (nSPS) is 16.0. The van der Waals surface area contributed by atoms with Gasteiger partial charge in [0.1, 0.15) is 11.6 Å². The molecule has 1 aliphatic heterocycles. The fourth-order valence-corrected chi connectivity index (χ4v) is 4.16. The van der Waals surface area contributed by atoms with Crippen LogP contribution in [0.1, 0.15) is 24.8 Å². The van der Waals surface area contributed by atoms with E-state index >= 15 is 0 Å². The molecular formula is C24H18ClF2N3O2. The maximum absolute atomic E-state index is 13.6. The van der Waals surface area contributed by atoms with E-state index in [9.17, 15) is 13.6 Å². The van der Waals surface area contributed by atoms with Crippen LogP contribution in [-0.2, 0) is 0 Å². The summed E-state index contributed by atoms with van der Waals surface area (Å²) in [6.07, 6.45) is 1.55. The van der Waals surface area contributed by atoms with Crippen molar-refractivity contribution >= 4 is 34.4 Å². The zero-order chi connectivity index (χ0) is 22.2. The van der Waals surface area contributed by atoms with Gasteiger partial charge in [-0.1, -0.05) is 29.8 Å². The number of benzene rings is 3. The number of oxazole rings is 1. The molecule has 1 saturated heterocycles. The highest BCUT2D eigenvalue weighted by Gasteiger charge is 2.33. The zero-order valence-corrected chi connectivity index (χ0v) is 17.6. The number of anilines is 1. The third-order valence-corrected chi connectivity index (χ3v) is 5.77. The van der Waals surface area contributed by atoms with E-state index in [1.807, 2.05) is 0 Å². The summed E-state index contributed by atoms with van der Waals surface area (Å²) in [6, 6.07) is 15.4. The smallest absolute Gasteiger partial charge is 0.322 e. The van der Waals surface area contributed by atoms with Crippen molar-refractivity contribution in [3.05, 3.63) is 83.2 Å². The fraction of sp³-hybridized carbons (Fsp3) is 0.167. The molecule has 5 rings (SSSR count).